The number of hydrogen-bond donors (Lipinski definition) is 1. The highest BCUT2D eigenvalue weighted by Gasteiger charge is 2.54. The minimum absolute atomic E-state index is 0.0474. The van der Waals surface area contributed by atoms with Crippen molar-refractivity contribution in [3.8, 4) is 16.9 Å². The van der Waals surface area contributed by atoms with E-state index in [0.29, 0.717) is 41.3 Å². The van der Waals surface area contributed by atoms with E-state index in [1.54, 1.807) is 12.1 Å². The Morgan fingerprint density at radius 3 is 3.00 bits per heavy atom. The molecule has 2 aliphatic heterocycles. The molecule has 0 radical (unpaired) electrons. The summed E-state index contributed by atoms with van der Waals surface area (Å²) in [7, 11) is 0. The zero-order valence-electron chi connectivity index (χ0n) is 14.5. The van der Waals surface area contributed by atoms with Crippen LogP contribution in [0, 0.1) is 11.9 Å². The third-order valence-corrected chi connectivity index (χ3v) is 6.73. The smallest absolute Gasteiger partial charge is 0.220 e. The van der Waals surface area contributed by atoms with Crippen molar-refractivity contribution >= 4 is 22.7 Å². The molecule has 1 fully saturated rings. The van der Waals surface area contributed by atoms with E-state index in [4.69, 9.17) is 15.5 Å². The maximum absolute atomic E-state index is 14.2. The van der Waals surface area contributed by atoms with Gasteiger partial charge >= 0.3 is 0 Å². The summed E-state index contributed by atoms with van der Waals surface area (Å²) in [5.74, 6) is 1.09. The summed E-state index contributed by atoms with van der Waals surface area (Å²) in [6.07, 6.45) is 3.05. The molecule has 0 bridgehead atoms. The number of thioether (sulfide) groups is 1. The number of aromatic nitrogens is 1. The molecule has 3 heterocycles. The Morgan fingerprint density at radius 1 is 1.33 bits per heavy atom. The average molecular weight is 383 g/mol. The molecule has 27 heavy (non-hydrogen) atoms. The number of halogens is 1. The first kappa shape index (κ1) is 16.7. The van der Waals surface area contributed by atoms with E-state index in [9.17, 15) is 9.18 Å². The van der Waals surface area contributed by atoms with Gasteiger partial charge in [0.05, 0.1) is 0 Å². The monoisotopic (exact) mass is 383 g/mol. The first-order chi connectivity index (χ1) is 13.1. The first-order valence-electron chi connectivity index (χ1n) is 8.99. The molecule has 3 atom stereocenters. The molecule has 2 N–H and O–H groups in total. The highest BCUT2D eigenvalue weighted by Crippen LogP contribution is 2.54. The third kappa shape index (κ3) is 2.56. The quantitative estimate of drug-likeness (QED) is 0.765. The highest BCUT2D eigenvalue weighted by molar-refractivity contribution is 8.14. The van der Waals surface area contributed by atoms with Gasteiger partial charge in [-0.05, 0) is 36.2 Å². The van der Waals surface area contributed by atoms with Gasteiger partial charge in [-0.2, -0.15) is 4.39 Å². The molecular weight excluding hydrogens is 365 g/mol. The molecule has 0 saturated heterocycles. The number of benzene rings is 1. The van der Waals surface area contributed by atoms with E-state index in [2.05, 4.69) is 4.98 Å². The number of carbonyl (C=O) groups is 1. The van der Waals surface area contributed by atoms with Crippen LogP contribution in [-0.4, -0.2) is 27.8 Å². The van der Waals surface area contributed by atoms with Crippen LogP contribution in [0.3, 0.4) is 0 Å². The van der Waals surface area contributed by atoms with Gasteiger partial charge in [0.25, 0.3) is 0 Å². The molecule has 3 aliphatic rings. The van der Waals surface area contributed by atoms with Gasteiger partial charge in [-0.25, -0.2) is 9.98 Å². The Hall–Kier alpha value is -2.41. The normalized spacial score (nSPS) is 29.1. The summed E-state index contributed by atoms with van der Waals surface area (Å²) >= 11 is 1.50. The van der Waals surface area contributed by atoms with Crippen molar-refractivity contribution in [1.82, 2.24) is 4.98 Å². The maximum atomic E-state index is 14.2. The number of hydrogen-bond acceptors (Lipinski definition) is 6. The van der Waals surface area contributed by atoms with E-state index in [1.165, 1.54) is 18.0 Å². The molecule has 5 nitrogen and oxygen atoms in total. The number of fused-ring (bicyclic) bond motifs is 4. The Labute approximate surface area is 160 Å². The molecule has 138 valence electrons. The second-order valence-corrected chi connectivity index (χ2v) is 8.26. The second kappa shape index (κ2) is 6.05. The standard InChI is InChI=1S/C20H18FN3O2S/c21-18-13(2-1-7-23-18)11-3-5-16-14(8-11)20(10-27-19(22)24-20)15-9-12(25)4-6-17(15)26-16/h1-3,5,7-8,15,17H,4,6,9-10H2,(H2,22,24)/t15-,17-,20?/m0/s1. The Balaban J connectivity index is 1.69. The van der Waals surface area contributed by atoms with Crippen molar-refractivity contribution in [2.45, 2.75) is 30.9 Å². The lowest BCUT2D eigenvalue weighted by Crippen LogP contribution is -2.50. The van der Waals surface area contributed by atoms with Crippen molar-refractivity contribution in [3.05, 3.63) is 48.0 Å². The van der Waals surface area contributed by atoms with E-state index in [-0.39, 0.29) is 17.8 Å². The van der Waals surface area contributed by atoms with E-state index >= 15 is 0 Å². The van der Waals surface area contributed by atoms with Crippen molar-refractivity contribution in [1.29, 1.82) is 0 Å². The number of ketones is 1. The number of nitrogens with two attached hydrogens (primary N) is 1. The molecule has 1 spiro atoms. The van der Waals surface area contributed by atoms with Gasteiger partial charge in [-0.1, -0.05) is 17.8 Å². The SMILES string of the molecule is NC1=NC2(CS1)c1cc(-c3cccnc3F)ccc1O[C@H]1CCC(=O)C[C@@H]12. The molecular formula is C20H18FN3O2S. The van der Waals surface area contributed by atoms with Gasteiger partial charge in [-0.15, -0.1) is 0 Å². The van der Waals surface area contributed by atoms with Crippen LogP contribution in [-0.2, 0) is 10.3 Å². The molecule has 0 amide bonds. The largest absolute Gasteiger partial charge is 0.490 e. The van der Waals surface area contributed by atoms with Crippen LogP contribution in [0.15, 0.2) is 41.5 Å². The lowest BCUT2D eigenvalue weighted by atomic mass is 9.68. The molecule has 1 aromatic heterocycles. The van der Waals surface area contributed by atoms with E-state index < -0.39 is 11.5 Å². The second-order valence-electron chi connectivity index (χ2n) is 7.26. The lowest BCUT2D eigenvalue weighted by Gasteiger charge is -2.46. The zero-order chi connectivity index (χ0) is 18.6. The van der Waals surface area contributed by atoms with E-state index in [1.807, 2.05) is 18.2 Å². The third-order valence-electron chi connectivity index (χ3n) is 5.76. The molecule has 5 rings (SSSR count). The number of rotatable bonds is 1. The van der Waals surface area contributed by atoms with Crippen LogP contribution in [0.1, 0.15) is 24.8 Å². The number of aliphatic imine (C=N–C) groups is 1. The highest BCUT2D eigenvalue weighted by atomic mass is 32.2. The number of Topliss-reactive ketones (excluding diaryl/α,β-unsaturated/α-hetero) is 1. The van der Waals surface area contributed by atoms with Crippen LogP contribution >= 0.6 is 11.8 Å². The number of nitrogens with zero attached hydrogens (tertiary/aromatic N) is 2. The van der Waals surface area contributed by atoms with Gasteiger partial charge in [0.1, 0.15) is 23.2 Å². The van der Waals surface area contributed by atoms with Gasteiger partial charge in [0, 0.05) is 41.8 Å². The fraction of sp³-hybridized carbons (Fsp3) is 0.350. The first-order valence-corrected chi connectivity index (χ1v) is 9.97. The molecule has 2 aromatic rings. The Morgan fingerprint density at radius 2 is 2.22 bits per heavy atom. The predicted molar refractivity (Wildman–Crippen MR) is 102 cm³/mol. The van der Waals surface area contributed by atoms with Gasteiger partial charge in [-0.3, -0.25) is 4.79 Å². The summed E-state index contributed by atoms with van der Waals surface area (Å²) in [6.45, 7) is 0. The summed E-state index contributed by atoms with van der Waals surface area (Å²) in [4.78, 5) is 20.7. The van der Waals surface area contributed by atoms with Gasteiger partial charge in [0.2, 0.25) is 5.95 Å². The number of ether oxygens (including phenoxy) is 1. The van der Waals surface area contributed by atoms with Crippen LogP contribution in [0.4, 0.5) is 4.39 Å². The van der Waals surface area contributed by atoms with Crippen LogP contribution in [0.25, 0.3) is 11.1 Å². The van der Waals surface area contributed by atoms with Crippen LogP contribution in [0.2, 0.25) is 0 Å². The Kier molecular flexibility index (Phi) is 3.75. The molecule has 1 aliphatic carbocycles. The number of carbonyl (C=O) groups excluding carboxylic acids is 1. The van der Waals surface area contributed by atoms with Crippen molar-refractivity contribution in [3.63, 3.8) is 0 Å². The molecule has 7 heteroatoms. The summed E-state index contributed by atoms with van der Waals surface area (Å²) in [6, 6.07) is 9.06. The summed E-state index contributed by atoms with van der Waals surface area (Å²) < 4.78 is 20.5. The summed E-state index contributed by atoms with van der Waals surface area (Å²) in [5, 5.41) is 0.526. The topological polar surface area (TPSA) is 77.6 Å². The van der Waals surface area contributed by atoms with Crippen molar-refractivity contribution in [2.24, 2.45) is 16.6 Å². The van der Waals surface area contributed by atoms with E-state index in [0.717, 1.165) is 11.3 Å². The number of amidine groups is 1. The molecule has 1 aromatic carbocycles. The minimum Gasteiger partial charge on any atom is -0.490 e. The van der Waals surface area contributed by atoms with Gasteiger partial charge < -0.3 is 10.5 Å². The maximum Gasteiger partial charge on any atom is 0.220 e. The zero-order valence-corrected chi connectivity index (χ0v) is 15.3. The van der Waals surface area contributed by atoms with Crippen LogP contribution in [0.5, 0.6) is 5.75 Å². The van der Waals surface area contributed by atoms with Crippen molar-refractivity contribution in [2.75, 3.05) is 5.75 Å². The van der Waals surface area contributed by atoms with Gasteiger partial charge in [0.15, 0.2) is 5.17 Å². The summed E-state index contributed by atoms with van der Waals surface area (Å²) in [5.41, 5.74) is 7.47. The average Bonchev–Trinajstić information content (AvgIpc) is 3.06. The lowest BCUT2D eigenvalue weighted by molar-refractivity contribution is -0.126. The predicted octanol–water partition coefficient (Wildman–Crippen LogP) is 3.27. The fourth-order valence-electron chi connectivity index (χ4n) is 4.48. The molecule has 1 saturated carbocycles. The van der Waals surface area contributed by atoms with Crippen LogP contribution < -0.4 is 10.5 Å². The number of pyridine rings is 1. The minimum atomic E-state index is -0.599. The fourth-order valence-corrected chi connectivity index (χ4v) is 5.51. The van der Waals surface area contributed by atoms with Crippen molar-refractivity contribution < 1.29 is 13.9 Å². The molecule has 1 unspecified atom stereocenters. The Bertz CT molecular complexity index is 979.